The number of pyridine rings is 2. The minimum absolute atomic E-state index is 0.254. The second kappa shape index (κ2) is 8.74. The van der Waals surface area contributed by atoms with Crippen molar-refractivity contribution in [1.82, 2.24) is 20.0 Å². The monoisotopic (exact) mass is 456 g/mol. The van der Waals surface area contributed by atoms with Crippen molar-refractivity contribution < 1.29 is 19.1 Å². The van der Waals surface area contributed by atoms with Crippen molar-refractivity contribution in [3.8, 4) is 0 Å². The number of amides is 2. The van der Waals surface area contributed by atoms with Gasteiger partial charge in [-0.2, -0.15) is 10.0 Å². The molecule has 2 unspecified atom stereocenters. The van der Waals surface area contributed by atoms with Crippen LogP contribution in [0.5, 0.6) is 0 Å². The molecule has 2 atom stereocenters. The molecular formula is C24H20N6O4. The lowest BCUT2D eigenvalue weighted by Crippen LogP contribution is -2.26. The molecule has 2 aliphatic heterocycles. The van der Waals surface area contributed by atoms with Gasteiger partial charge in [-0.25, -0.2) is 0 Å². The summed E-state index contributed by atoms with van der Waals surface area (Å²) in [6.45, 7) is 2.86. The van der Waals surface area contributed by atoms with E-state index < -0.39 is 12.5 Å². The molecule has 0 spiro atoms. The number of rotatable bonds is 4. The van der Waals surface area contributed by atoms with Crippen molar-refractivity contribution in [2.45, 2.75) is 26.3 Å². The lowest BCUT2D eigenvalue weighted by molar-refractivity contribution is -0.136. The van der Waals surface area contributed by atoms with Crippen LogP contribution in [-0.2, 0) is 19.1 Å². The highest BCUT2D eigenvalue weighted by Crippen LogP contribution is 2.34. The number of hydrogen-bond donors (Lipinski definition) is 0. The van der Waals surface area contributed by atoms with E-state index in [9.17, 15) is 9.59 Å². The van der Waals surface area contributed by atoms with Crippen LogP contribution in [0.25, 0.3) is 0 Å². The summed E-state index contributed by atoms with van der Waals surface area (Å²) in [5.41, 5.74) is 2.87. The Morgan fingerprint density at radius 1 is 0.647 bits per heavy atom. The number of carbonyl (C=O) groups is 2. The van der Waals surface area contributed by atoms with Gasteiger partial charge in [0, 0.05) is 60.9 Å². The lowest BCUT2D eigenvalue weighted by Gasteiger charge is -2.22. The number of carbonyl (C=O) groups excluding carboxylic acids is 2. The molecule has 0 saturated heterocycles. The summed E-state index contributed by atoms with van der Waals surface area (Å²) in [4.78, 5) is 32.4. The fourth-order valence-electron chi connectivity index (χ4n) is 3.61. The fourth-order valence-corrected chi connectivity index (χ4v) is 3.61. The number of nitrogens with zero attached hydrogens (tertiary/aromatic N) is 6. The topological polar surface area (TPSA) is 110 Å². The Morgan fingerprint density at radius 2 is 1.00 bits per heavy atom. The van der Waals surface area contributed by atoms with Crippen LogP contribution in [0.4, 0.5) is 0 Å². The van der Waals surface area contributed by atoms with Gasteiger partial charge in [-0.05, 0) is 24.3 Å². The second-order valence-electron chi connectivity index (χ2n) is 7.62. The van der Waals surface area contributed by atoms with E-state index in [1.807, 2.05) is 24.3 Å². The Kier molecular flexibility index (Phi) is 5.46. The third-order valence-corrected chi connectivity index (χ3v) is 5.29. The first-order chi connectivity index (χ1) is 16.5. The highest BCUT2D eigenvalue weighted by atomic mass is 16.5. The van der Waals surface area contributed by atoms with Gasteiger partial charge in [0.2, 0.25) is 36.1 Å². The van der Waals surface area contributed by atoms with Crippen molar-refractivity contribution in [2.75, 3.05) is 0 Å². The SMILES string of the molecule is CC(=O)N1N=C(c2ccncc2)OC1c1ccc(C2OC(c3ccncc3)=NN2C(C)=O)cc1. The fraction of sp³-hybridized carbons (Fsp3) is 0.167. The second-order valence-corrected chi connectivity index (χ2v) is 7.62. The zero-order valence-electron chi connectivity index (χ0n) is 18.4. The molecule has 3 aromatic rings. The number of hydrazone groups is 2. The van der Waals surface area contributed by atoms with Crippen molar-refractivity contribution in [3.63, 3.8) is 0 Å². The van der Waals surface area contributed by atoms with Crippen molar-refractivity contribution in [2.24, 2.45) is 10.2 Å². The molecular weight excluding hydrogens is 436 g/mol. The molecule has 0 radical (unpaired) electrons. The Bertz CT molecular complexity index is 1180. The molecule has 4 heterocycles. The average molecular weight is 456 g/mol. The van der Waals surface area contributed by atoms with E-state index in [-0.39, 0.29) is 11.8 Å². The molecule has 0 saturated carbocycles. The van der Waals surface area contributed by atoms with Gasteiger partial charge in [0.05, 0.1) is 0 Å². The van der Waals surface area contributed by atoms with Gasteiger partial charge >= 0.3 is 0 Å². The highest BCUT2D eigenvalue weighted by Gasteiger charge is 2.35. The van der Waals surface area contributed by atoms with Gasteiger partial charge in [-0.1, -0.05) is 24.3 Å². The number of aromatic nitrogens is 2. The first kappa shape index (κ1) is 21.3. The van der Waals surface area contributed by atoms with Crippen molar-refractivity contribution in [3.05, 3.63) is 95.6 Å². The maximum atomic E-state index is 12.2. The van der Waals surface area contributed by atoms with Crippen LogP contribution >= 0.6 is 0 Å². The molecule has 0 bridgehead atoms. The predicted molar refractivity (Wildman–Crippen MR) is 121 cm³/mol. The Balaban J connectivity index is 1.38. The van der Waals surface area contributed by atoms with E-state index in [1.165, 1.54) is 23.9 Å². The Hall–Kier alpha value is -4.60. The first-order valence-electron chi connectivity index (χ1n) is 10.5. The molecule has 2 aromatic heterocycles. The van der Waals surface area contributed by atoms with Crippen LogP contribution in [-0.4, -0.2) is 43.6 Å². The molecule has 0 N–H and O–H groups in total. The van der Waals surface area contributed by atoms with E-state index in [0.717, 1.165) is 22.3 Å². The maximum Gasteiger partial charge on any atom is 0.243 e. The molecule has 0 fully saturated rings. The van der Waals surface area contributed by atoms with Gasteiger partial charge in [-0.15, -0.1) is 10.2 Å². The quantitative estimate of drug-likeness (QED) is 0.597. The molecule has 34 heavy (non-hydrogen) atoms. The molecule has 5 rings (SSSR count). The zero-order chi connectivity index (χ0) is 23.7. The zero-order valence-corrected chi connectivity index (χ0v) is 18.4. The summed E-state index contributed by atoms with van der Waals surface area (Å²) in [7, 11) is 0. The normalized spacial score (nSPS) is 19.2. The van der Waals surface area contributed by atoms with Gasteiger partial charge in [-0.3, -0.25) is 19.6 Å². The van der Waals surface area contributed by atoms with E-state index in [1.54, 1.807) is 49.1 Å². The predicted octanol–water partition coefficient (Wildman–Crippen LogP) is 2.95. The minimum Gasteiger partial charge on any atom is -0.446 e. The summed E-state index contributed by atoms with van der Waals surface area (Å²) in [6, 6.07) is 14.3. The van der Waals surface area contributed by atoms with Crippen molar-refractivity contribution >= 4 is 23.6 Å². The average Bonchev–Trinajstić information content (AvgIpc) is 3.51. The van der Waals surface area contributed by atoms with Crippen molar-refractivity contribution in [1.29, 1.82) is 0 Å². The standard InChI is InChI=1S/C24H20N6O4/c1-15(31)29-23(33-21(27-29)17-7-11-25-12-8-17)19-3-5-20(6-4-19)24-30(16(2)32)28-22(34-24)18-9-13-26-14-10-18/h3-14,23-24H,1-2H3. The molecule has 0 aliphatic carbocycles. The van der Waals surface area contributed by atoms with E-state index in [2.05, 4.69) is 20.2 Å². The maximum absolute atomic E-state index is 12.2. The third kappa shape index (κ3) is 3.96. The largest absolute Gasteiger partial charge is 0.446 e. The molecule has 2 amide bonds. The number of benzene rings is 1. The summed E-state index contributed by atoms with van der Waals surface area (Å²) in [5, 5.41) is 11.3. The van der Waals surface area contributed by atoms with E-state index in [4.69, 9.17) is 9.47 Å². The highest BCUT2D eigenvalue weighted by molar-refractivity contribution is 5.97. The van der Waals surface area contributed by atoms with Crippen LogP contribution in [0, 0.1) is 0 Å². The van der Waals surface area contributed by atoms with Crippen LogP contribution < -0.4 is 0 Å². The molecule has 2 aliphatic rings. The molecule has 170 valence electrons. The van der Waals surface area contributed by atoms with Gasteiger partial charge in [0.1, 0.15) is 0 Å². The summed E-state index contributed by atoms with van der Waals surface area (Å²) in [6.07, 6.45) is 5.09. The Labute approximate surface area is 195 Å². The van der Waals surface area contributed by atoms with E-state index >= 15 is 0 Å². The lowest BCUT2D eigenvalue weighted by atomic mass is 10.1. The van der Waals surface area contributed by atoms with E-state index in [0.29, 0.717) is 11.8 Å². The number of hydrogen-bond acceptors (Lipinski definition) is 8. The molecule has 10 nitrogen and oxygen atoms in total. The summed E-state index contributed by atoms with van der Waals surface area (Å²) in [5.74, 6) is 0.165. The number of ether oxygens (including phenoxy) is 2. The molecule has 10 heteroatoms. The van der Waals surface area contributed by atoms with Crippen LogP contribution in [0.2, 0.25) is 0 Å². The Morgan fingerprint density at radius 3 is 1.32 bits per heavy atom. The van der Waals surface area contributed by atoms with Gasteiger partial charge in [0.25, 0.3) is 0 Å². The minimum atomic E-state index is -0.716. The van der Waals surface area contributed by atoms with Gasteiger partial charge < -0.3 is 9.47 Å². The van der Waals surface area contributed by atoms with Crippen LogP contribution in [0.1, 0.15) is 48.6 Å². The smallest absolute Gasteiger partial charge is 0.243 e. The molecule has 1 aromatic carbocycles. The van der Waals surface area contributed by atoms with Crippen LogP contribution in [0.3, 0.4) is 0 Å². The van der Waals surface area contributed by atoms with Crippen LogP contribution in [0.15, 0.2) is 83.5 Å². The first-order valence-corrected chi connectivity index (χ1v) is 10.5. The summed E-state index contributed by atoms with van der Waals surface area (Å²) < 4.78 is 12.0. The summed E-state index contributed by atoms with van der Waals surface area (Å²) >= 11 is 0. The third-order valence-electron chi connectivity index (χ3n) is 5.29. The van der Waals surface area contributed by atoms with Gasteiger partial charge in [0.15, 0.2) is 0 Å².